The minimum absolute atomic E-state index is 0.00507. The molecule has 0 spiro atoms. The molecule has 0 bridgehead atoms. The number of carboxylic acid groups (broad SMARTS) is 1. The van der Waals surface area contributed by atoms with Crippen molar-refractivity contribution in [1.29, 1.82) is 0 Å². The van der Waals surface area contributed by atoms with Gasteiger partial charge in [-0.2, -0.15) is 17.4 Å². The van der Waals surface area contributed by atoms with Gasteiger partial charge in [0.1, 0.15) is 60.4 Å². The second-order valence-electron chi connectivity index (χ2n) is 21.1. The fraction of sp³-hybridized carbons (Fsp3) is 0.615. The van der Waals surface area contributed by atoms with Crippen molar-refractivity contribution in [2.75, 3.05) is 73.9 Å². The maximum absolute atomic E-state index is 14.5. The Kier molecular flexibility index (Phi) is 18.9. The number of carbonyl (C=O) groups is 8. The summed E-state index contributed by atoms with van der Waals surface area (Å²) in [5, 5.41) is 55.8. The van der Waals surface area contributed by atoms with Gasteiger partial charge in [-0.1, -0.05) is 12.1 Å². The summed E-state index contributed by atoms with van der Waals surface area (Å²) in [6.07, 6.45) is -5.46. The van der Waals surface area contributed by atoms with Gasteiger partial charge in [-0.25, -0.2) is 0 Å². The first-order valence-electron chi connectivity index (χ1n) is 26.7. The van der Waals surface area contributed by atoms with Gasteiger partial charge in [-0.3, -0.25) is 43.3 Å². The van der Waals surface area contributed by atoms with Crippen LogP contribution in [0.15, 0.2) is 18.2 Å². The number of carbonyl (C=O) groups excluding carboxylic acids is 7. The number of morpholine rings is 1. The summed E-state index contributed by atoms with van der Waals surface area (Å²) in [6, 6.07) is 0.481. The lowest BCUT2D eigenvalue weighted by Crippen LogP contribution is -2.56. The second-order valence-corrected chi connectivity index (χ2v) is 22.9. The fourth-order valence-electron chi connectivity index (χ4n) is 11.3. The number of methoxy groups -OCH3 is 2. The van der Waals surface area contributed by atoms with Crippen LogP contribution in [0, 0.1) is 5.92 Å². The normalized spacial score (nSPS) is 26.6. The van der Waals surface area contributed by atoms with E-state index in [1.807, 2.05) is 0 Å². The van der Waals surface area contributed by atoms with Crippen LogP contribution in [0.3, 0.4) is 0 Å². The molecule has 0 radical (unpaired) electrons. The maximum atomic E-state index is 14.5. The standard InChI is InChI=1S/C52H70N8O21S/c1-24(56-47(68)26(3)57-46(67)25(2)55-34(61)22-77-23-54-82(73,74)59-14-11-28(12-15-59)49(69)70)45(66)53-13-16-58(5)51(71)52(72)20-30-37(43(65)39-38(41(30)63)40(62)29-9-8-10-32(75-6)36(29)42(39)64)33(21-52)80-35-19-31-44(27(4)79-35)81-48-50(76-7)78-18-17-60(31)48/h8-10,24-28,31,33,35,44,48,50,54,63,65,72H,11-23H2,1-7H3,(H,53,66)(H,55,61)(H,56,68)(H,57,67)(H,69,70)/t24-,25-,26-,27-,31-,33-,35-,44+,48+,50-,52-/m0/s1. The van der Waals surface area contributed by atoms with Gasteiger partial charge in [-0.15, -0.1) is 0 Å². The zero-order chi connectivity index (χ0) is 59.7. The summed E-state index contributed by atoms with van der Waals surface area (Å²) in [7, 11) is 0.154. The molecule has 6 aliphatic rings. The Bertz CT molecular complexity index is 2960. The van der Waals surface area contributed by atoms with Crippen LogP contribution in [0.4, 0.5) is 0 Å². The molecule has 9 N–H and O–H groups in total. The van der Waals surface area contributed by atoms with Gasteiger partial charge in [0.15, 0.2) is 24.6 Å². The molecule has 0 unspecified atom stereocenters. The molecule has 4 aliphatic heterocycles. The molecule has 30 heteroatoms. The zero-order valence-electron chi connectivity index (χ0n) is 46.3. The SMILES string of the molecule is COc1cccc2c1C(=O)c1c(O)c3c(c(O)c1C2=O)C[C@@](O)(C(=O)N(C)CCNC(=O)[C@H](C)NC(=O)[C@H](C)NC(=O)[C@H](C)NC(=O)COCNS(=O)(=O)N1CCC(C(=O)O)CC1)C[C@@H]3O[C@H]1C[C@H]2[C@H](O[C@@H]3[C@@H](OC)OCCN32)[C@H](C)O1. The summed E-state index contributed by atoms with van der Waals surface area (Å²) in [6.45, 7) is 5.01. The largest absolute Gasteiger partial charge is 0.507 e. The fourth-order valence-corrected chi connectivity index (χ4v) is 12.4. The van der Waals surface area contributed by atoms with Crippen molar-refractivity contribution in [3.8, 4) is 17.2 Å². The number of aliphatic carboxylic acids is 1. The molecule has 2 aromatic rings. The average Bonchev–Trinajstić information content (AvgIpc) is 1.48. The smallest absolute Gasteiger partial charge is 0.306 e. The van der Waals surface area contributed by atoms with Gasteiger partial charge in [0.05, 0.1) is 48.5 Å². The third-order valence-electron chi connectivity index (χ3n) is 15.7. The molecule has 4 saturated heterocycles. The Hall–Kier alpha value is -6.45. The molecule has 2 aliphatic carbocycles. The number of ketones is 2. The molecule has 2 aromatic carbocycles. The van der Waals surface area contributed by atoms with E-state index in [0.29, 0.717) is 13.2 Å². The molecule has 5 amide bonds. The lowest BCUT2D eigenvalue weighted by Gasteiger charge is -2.44. The Balaban J connectivity index is 0.866. The van der Waals surface area contributed by atoms with Crippen molar-refractivity contribution in [1.82, 2.24) is 40.1 Å². The van der Waals surface area contributed by atoms with Crippen LogP contribution in [0.5, 0.6) is 17.2 Å². The van der Waals surface area contributed by atoms with E-state index < -0.39 is 173 Å². The number of aliphatic hydroxyl groups is 1. The van der Waals surface area contributed by atoms with Crippen molar-refractivity contribution in [2.24, 2.45) is 5.92 Å². The highest BCUT2D eigenvalue weighted by molar-refractivity contribution is 7.87. The minimum Gasteiger partial charge on any atom is -0.507 e. The Morgan fingerprint density at radius 3 is 2.21 bits per heavy atom. The summed E-state index contributed by atoms with van der Waals surface area (Å²) in [5.74, 6) is -8.62. The van der Waals surface area contributed by atoms with Crippen LogP contribution in [0.1, 0.15) is 102 Å². The summed E-state index contributed by atoms with van der Waals surface area (Å²) >= 11 is 0. The van der Waals surface area contributed by atoms with Crippen molar-refractivity contribution in [3.05, 3.63) is 51.6 Å². The number of phenolic OH excluding ortho intramolecular Hbond substituents is 2. The molecular weight excluding hydrogens is 1100 g/mol. The Morgan fingerprint density at radius 1 is 0.890 bits per heavy atom. The van der Waals surface area contributed by atoms with E-state index in [4.69, 9.17) is 38.3 Å². The molecule has 4 fully saturated rings. The quantitative estimate of drug-likeness (QED) is 0.0312. The van der Waals surface area contributed by atoms with Crippen LogP contribution < -0.4 is 30.7 Å². The van der Waals surface area contributed by atoms with E-state index in [0.717, 1.165) is 9.21 Å². The third-order valence-corrected chi connectivity index (χ3v) is 17.2. The molecule has 82 heavy (non-hydrogen) atoms. The Labute approximate surface area is 471 Å². The molecule has 450 valence electrons. The van der Waals surface area contributed by atoms with E-state index in [1.54, 1.807) is 6.92 Å². The molecular formula is C52H70N8O21S. The summed E-state index contributed by atoms with van der Waals surface area (Å²) in [5.41, 5.74) is -4.05. The number of phenols is 2. The third kappa shape index (κ3) is 12.6. The highest BCUT2D eigenvalue weighted by Crippen LogP contribution is 2.53. The summed E-state index contributed by atoms with van der Waals surface area (Å²) in [4.78, 5) is 109. The number of fused-ring (bicyclic) bond motifs is 6. The number of rotatable bonds is 21. The van der Waals surface area contributed by atoms with Crippen molar-refractivity contribution in [2.45, 2.75) is 127 Å². The highest BCUT2D eigenvalue weighted by atomic mass is 32.2. The van der Waals surface area contributed by atoms with Crippen molar-refractivity contribution in [3.63, 3.8) is 0 Å². The molecule has 4 heterocycles. The lowest BCUT2D eigenvalue weighted by molar-refractivity contribution is -0.256. The van der Waals surface area contributed by atoms with E-state index >= 15 is 0 Å². The number of nitrogens with one attached hydrogen (secondary N) is 5. The Morgan fingerprint density at radius 2 is 1.55 bits per heavy atom. The number of hydrogen-bond acceptors (Lipinski definition) is 21. The summed E-state index contributed by atoms with van der Waals surface area (Å²) < 4.78 is 69.4. The lowest BCUT2D eigenvalue weighted by atomic mass is 9.72. The highest BCUT2D eigenvalue weighted by Gasteiger charge is 2.56. The van der Waals surface area contributed by atoms with E-state index in [9.17, 15) is 62.1 Å². The maximum Gasteiger partial charge on any atom is 0.306 e. The zero-order valence-corrected chi connectivity index (χ0v) is 47.1. The monoisotopic (exact) mass is 1170 g/mol. The van der Waals surface area contributed by atoms with Crippen molar-refractivity contribution < 1.29 is 100 Å². The molecule has 0 aromatic heterocycles. The van der Waals surface area contributed by atoms with Crippen LogP contribution in [-0.4, -0.2) is 225 Å². The van der Waals surface area contributed by atoms with Crippen LogP contribution in [0.2, 0.25) is 0 Å². The van der Waals surface area contributed by atoms with Crippen LogP contribution in [-0.2, 0) is 73.8 Å². The van der Waals surface area contributed by atoms with E-state index in [2.05, 4.69) is 30.9 Å². The number of likely N-dealkylation sites (N-methyl/N-ethyl adjacent to an activating group) is 1. The van der Waals surface area contributed by atoms with Crippen molar-refractivity contribution >= 4 is 57.3 Å². The van der Waals surface area contributed by atoms with Gasteiger partial charge in [0.25, 0.3) is 16.1 Å². The van der Waals surface area contributed by atoms with Crippen LogP contribution in [0.25, 0.3) is 0 Å². The predicted octanol–water partition coefficient (Wildman–Crippen LogP) is -2.16. The number of nitrogens with zero attached hydrogens (tertiary/aromatic N) is 3. The molecule has 11 atom stereocenters. The topological polar surface area (TPSA) is 386 Å². The van der Waals surface area contributed by atoms with Gasteiger partial charge in [-0.05, 0) is 46.6 Å². The first kappa shape index (κ1) is 61.6. The number of ether oxygens (including phenoxy) is 7. The van der Waals surface area contributed by atoms with Gasteiger partial charge < -0.3 is 79.8 Å². The molecule has 8 rings (SSSR count). The number of hydrogen-bond donors (Lipinski definition) is 9. The van der Waals surface area contributed by atoms with Gasteiger partial charge in [0, 0.05) is 88.9 Å². The van der Waals surface area contributed by atoms with E-state index in [1.165, 1.54) is 60.2 Å². The number of amides is 5. The first-order chi connectivity index (χ1) is 38.8. The number of aromatic hydroxyl groups is 2. The van der Waals surface area contributed by atoms with Gasteiger partial charge in [0.2, 0.25) is 29.4 Å². The van der Waals surface area contributed by atoms with Crippen LogP contribution >= 0.6 is 0 Å². The second kappa shape index (κ2) is 25.2. The van der Waals surface area contributed by atoms with E-state index in [-0.39, 0.29) is 79.5 Å². The number of benzene rings is 2. The minimum atomic E-state index is -4.01. The van der Waals surface area contributed by atoms with Gasteiger partial charge >= 0.3 is 5.97 Å². The number of piperidine rings is 1. The first-order valence-corrected chi connectivity index (χ1v) is 28.2. The predicted molar refractivity (Wildman–Crippen MR) is 280 cm³/mol. The molecule has 0 saturated carbocycles. The molecule has 29 nitrogen and oxygen atoms in total. The average molecular weight is 1180 g/mol. The number of carboxylic acids is 1.